The molecule has 0 N–H and O–H groups in total. The predicted molar refractivity (Wildman–Crippen MR) is 142 cm³/mol. The van der Waals surface area contributed by atoms with Gasteiger partial charge in [-0.05, 0) is 73.9 Å². The summed E-state index contributed by atoms with van der Waals surface area (Å²) in [6, 6.07) is 7.86. The number of thioether (sulfide) groups is 1. The molecule has 0 aliphatic carbocycles. The van der Waals surface area contributed by atoms with E-state index in [0.29, 0.717) is 18.0 Å². The maximum atomic E-state index is 13.1. The van der Waals surface area contributed by atoms with Crippen LogP contribution in [0.15, 0.2) is 45.1 Å². The molecule has 1 saturated heterocycles. The summed E-state index contributed by atoms with van der Waals surface area (Å²) in [4.78, 5) is 2.90. The van der Waals surface area contributed by atoms with Crippen molar-refractivity contribution in [3.63, 3.8) is 0 Å². The Hall–Kier alpha value is -1.72. The van der Waals surface area contributed by atoms with Crippen LogP contribution in [0.2, 0.25) is 0 Å². The third-order valence-corrected chi connectivity index (χ3v) is 10.5. The summed E-state index contributed by atoms with van der Waals surface area (Å²) < 4.78 is 30.1. The average Bonchev–Trinajstić information content (AvgIpc) is 3.56. The zero-order chi connectivity index (χ0) is 24.3. The molecule has 0 atom stereocenters. The summed E-state index contributed by atoms with van der Waals surface area (Å²) in [5.74, 6) is 1.92. The van der Waals surface area contributed by atoms with Gasteiger partial charge in [-0.15, -0.1) is 10.2 Å². The number of aromatic nitrogens is 3. The molecular weight excluding hydrogens is 499 g/mol. The molecule has 1 aromatic carbocycles. The van der Waals surface area contributed by atoms with E-state index in [-0.39, 0.29) is 0 Å². The van der Waals surface area contributed by atoms with Crippen molar-refractivity contribution in [2.75, 3.05) is 31.9 Å². The van der Waals surface area contributed by atoms with Gasteiger partial charge in [0, 0.05) is 49.4 Å². The summed E-state index contributed by atoms with van der Waals surface area (Å²) >= 11 is 3.44. The van der Waals surface area contributed by atoms with Gasteiger partial charge in [-0.2, -0.15) is 15.6 Å². The number of nitrogens with zero attached hydrogens (tertiary/aromatic N) is 5. The molecule has 0 saturated carbocycles. The molecule has 2 aliphatic rings. The fraction of sp³-hybridized carbons (Fsp3) is 0.520. The van der Waals surface area contributed by atoms with Crippen LogP contribution >= 0.6 is 23.1 Å². The molecule has 188 valence electrons. The molecule has 0 amide bonds. The maximum absolute atomic E-state index is 13.1. The summed E-state index contributed by atoms with van der Waals surface area (Å²) in [6.45, 7) is 7.10. The van der Waals surface area contributed by atoms with Crippen LogP contribution in [0.1, 0.15) is 43.7 Å². The number of fused-ring (bicyclic) bond motifs is 1. The Balaban J connectivity index is 1.17. The first-order valence-corrected chi connectivity index (χ1v) is 15.9. The maximum Gasteiger partial charge on any atom is 0.243 e. The first-order valence-electron chi connectivity index (χ1n) is 12.5. The lowest BCUT2D eigenvalue weighted by molar-refractivity contribution is 0.255. The molecule has 0 bridgehead atoms. The van der Waals surface area contributed by atoms with Crippen LogP contribution < -0.4 is 0 Å². The zero-order valence-corrected chi connectivity index (χ0v) is 22.7. The number of sulfonamides is 1. The Morgan fingerprint density at radius 3 is 2.69 bits per heavy atom. The molecule has 7 nitrogen and oxygen atoms in total. The summed E-state index contributed by atoms with van der Waals surface area (Å²) in [5, 5.41) is 14.0. The van der Waals surface area contributed by atoms with Crippen LogP contribution in [-0.2, 0) is 29.5 Å². The van der Waals surface area contributed by atoms with E-state index in [9.17, 15) is 8.42 Å². The van der Waals surface area contributed by atoms with Gasteiger partial charge in [0.15, 0.2) is 11.0 Å². The molecule has 10 heteroatoms. The third-order valence-electron chi connectivity index (χ3n) is 6.88. The number of hydrogen-bond acceptors (Lipinski definition) is 7. The van der Waals surface area contributed by atoms with Crippen LogP contribution in [0.5, 0.6) is 0 Å². The van der Waals surface area contributed by atoms with E-state index in [0.717, 1.165) is 86.1 Å². The van der Waals surface area contributed by atoms with Crippen molar-refractivity contribution in [1.82, 2.24) is 24.0 Å². The fourth-order valence-corrected chi connectivity index (χ4v) is 8.06. The molecule has 1 fully saturated rings. The number of piperidine rings is 1. The van der Waals surface area contributed by atoms with Crippen molar-refractivity contribution in [1.29, 1.82) is 0 Å². The van der Waals surface area contributed by atoms with E-state index in [1.807, 2.05) is 18.2 Å². The molecule has 35 heavy (non-hydrogen) atoms. The molecule has 2 aliphatic heterocycles. The minimum Gasteiger partial charge on any atom is -0.302 e. The predicted octanol–water partition coefficient (Wildman–Crippen LogP) is 4.74. The summed E-state index contributed by atoms with van der Waals surface area (Å²) in [5.41, 5.74) is 3.57. The van der Waals surface area contributed by atoms with Crippen molar-refractivity contribution in [2.45, 2.75) is 62.2 Å². The lowest BCUT2D eigenvalue weighted by Crippen LogP contribution is -2.36. The minimum absolute atomic E-state index is 0.455. The SMILES string of the molecule is CCn1c(SCCCN2CCc3ccc(S(=O)(=O)N4CCCCC4)cc3C2)nnc1-c1ccsc1. The molecule has 0 spiro atoms. The lowest BCUT2D eigenvalue weighted by Gasteiger charge is -2.30. The molecule has 3 aromatic rings. The molecule has 5 rings (SSSR count). The van der Waals surface area contributed by atoms with Gasteiger partial charge in [0.25, 0.3) is 0 Å². The van der Waals surface area contributed by atoms with E-state index in [4.69, 9.17) is 0 Å². The Morgan fingerprint density at radius 2 is 1.91 bits per heavy atom. The van der Waals surface area contributed by atoms with Gasteiger partial charge >= 0.3 is 0 Å². The van der Waals surface area contributed by atoms with Gasteiger partial charge < -0.3 is 4.57 Å². The first kappa shape index (κ1) is 25.0. The van der Waals surface area contributed by atoms with Crippen LogP contribution in [0.4, 0.5) is 0 Å². The number of rotatable bonds is 9. The monoisotopic (exact) mass is 531 g/mol. The second-order valence-electron chi connectivity index (χ2n) is 9.19. The zero-order valence-electron chi connectivity index (χ0n) is 20.2. The number of hydrogen-bond donors (Lipinski definition) is 0. The Morgan fingerprint density at radius 1 is 1.06 bits per heavy atom. The third kappa shape index (κ3) is 5.51. The van der Waals surface area contributed by atoms with Crippen molar-refractivity contribution in [2.24, 2.45) is 0 Å². The number of thiophene rings is 1. The standard InChI is InChI=1S/C25H33N5O2S3/c1-2-30-24(21-10-16-33-19-21)26-27-25(30)34-15-6-11-28-14-9-20-7-8-23(17-22(20)18-28)35(31,32)29-12-4-3-5-13-29/h7-8,10,16-17,19H,2-6,9,11-15,18H2,1H3. The molecule has 2 aromatic heterocycles. The van der Waals surface area contributed by atoms with E-state index >= 15 is 0 Å². The van der Waals surface area contributed by atoms with Gasteiger partial charge in [-0.25, -0.2) is 8.42 Å². The highest BCUT2D eigenvalue weighted by Gasteiger charge is 2.27. The molecular formula is C25H33N5O2S3. The van der Waals surface area contributed by atoms with Gasteiger partial charge in [-0.1, -0.05) is 24.2 Å². The van der Waals surface area contributed by atoms with Crippen LogP contribution in [0.3, 0.4) is 0 Å². The molecule has 0 unspecified atom stereocenters. The van der Waals surface area contributed by atoms with Gasteiger partial charge in [0.1, 0.15) is 0 Å². The minimum atomic E-state index is -3.39. The normalized spacial score (nSPS) is 17.5. The van der Waals surface area contributed by atoms with Crippen molar-refractivity contribution in [3.05, 3.63) is 46.2 Å². The van der Waals surface area contributed by atoms with Crippen LogP contribution in [0, 0.1) is 0 Å². The highest BCUT2D eigenvalue weighted by Crippen LogP contribution is 2.28. The van der Waals surface area contributed by atoms with Crippen molar-refractivity contribution in [3.8, 4) is 11.4 Å². The molecule has 0 radical (unpaired) electrons. The number of benzene rings is 1. The average molecular weight is 532 g/mol. The highest BCUT2D eigenvalue weighted by molar-refractivity contribution is 7.99. The Kier molecular flexibility index (Phi) is 7.93. The summed E-state index contributed by atoms with van der Waals surface area (Å²) in [6.07, 6.45) is 5.06. The van der Waals surface area contributed by atoms with Crippen molar-refractivity contribution < 1.29 is 8.42 Å². The lowest BCUT2D eigenvalue weighted by atomic mass is 10.00. The molecule has 4 heterocycles. The quantitative estimate of drug-likeness (QED) is 0.293. The van der Waals surface area contributed by atoms with E-state index < -0.39 is 10.0 Å². The van der Waals surface area contributed by atoms with E-state index in [2.05, 4.69) is 43.4 Å². The van der Waals surface area contributed by atoms with E-state index in [1.165, 1.54) is 5.56 Å². The fourth-order valence-electron chi connectivity index (χ4n) is 4.93. The second-order valence-corrected chi connectivity index (χ2v) is 13.0. The van der Waals surface area contributed by atoms with Crippen LogP contribution in [-0.4, -0.2) is 64.3 Å². The largest absolute Gasteiger partial charge is 0.302 e. The highest BCUT2D eigenvalue weighted by atomic mass is 32.2. The van der Waals surface area contributed by atoms with E-state index in [1.54, 1.807) is 27.4 Å². The topological polar surface area (TPSA) is 71.3 Å². The van der Waals surface area contributed by atoms with Gasteiger partial charge in [0.05, 0.1) is 4.90 Å². The Bertz CT molecular complexity index is 1230. The smallest absolute Gasteiger partial charge is 0.243 e. The Labute approximate surface area is 216 Å². The first-order chi connectivity index (χ1) is 17.1. The van der Waals surface area contributed by atoms with Gasteiger partial charge in [0.2, 0.25) is 10.0 Å². The van der Waals surface area contributed by atoms with Crippen LogP contribution in [0.25, 0.3) is 11.4 Å². The van der Waals surface area contributed by atoms with Gasteiger partial charge in [-0.3, -0.25) is 4.90 Å². The second kappa shape index (κ2) is 11.1. The van der Waals surface area contributed by atoms with Crippen molar-refractivity contribution >= 4 is 33.1 Å². The summed E-state index contributed by atoms with van der Waals surface area (Å²) in [7, 11) is -3.39.